The highest BCUT2D eigenvalue weighted by Crippen LogP contribution is 2.39. The molecule has 1 atom stereocenters. The fourth-order valence-electron chi connectivity index (χ4n) is 2.88. The molecular weight excluding hydrogens is 298 g/mol. The minimum Gasteiger partial charge on any atom is -0.314 e. The van der Waals surface area contributed by atoms with Crippen molar-refractivity contribution in [1.82, 2.24) is 10.2 Å². The van der Waals surface area contributed by atoms with E-state index in [-0.39, 0.29) is 34.7 Å². The fraction of sp³-hybridized carbons (Fsp3) is 0.600. The molecule has 5 heteroatoms. The van der Waals surface area contributed by atoms with Crippen LogP contribution in [-0.2, 0) is 0 Å². The van der Waals surface area contributed by atoms with Gasteiger partial charge in [0, 0.05) is 32.2 Å². The predicted octanol–water partition coefficient (Wildman–Crippen LogP) is 3.89. The summed E-state index contributed by atoms with van der Waals surface area (Å²) in [5.74, 6) is -0.349. The summed E-state index contributed by atoms with van der Waals surface area (Å²) in [6.07, 6.45) is 0. The van der Waals surface area contributed by atoms with Crippen molar-refractivity contribution in [3.63, 3.8) is 0 Å². The summed E-state index contributed by atoms with van der Waals surface area (Å²) in [4.78, 5) is 2.46. The van der Waals surface area contributed by atoms with Crippen LogP contribution < -0.4 is 5.32 Å². The maximum Gasteiger partial charge on any atom is 0.141 e. The van der Waals surface area contributed by atoms with Gasteiger partial charge in [-0.3, -0.25) is 4.90 Å². The molecule has 1 aliphatic heterocycles. The Hall–Kier alpha value is -0.350. The summed E-state index contributed by atoms with van der Waals surface area (Å²) in [6.45, 7) is 10.7. The Morgan fingerprint density at radius 1 is 1.25 bits per heavy atom. The van der Waals surface area contributed by atoms with Gasteiger partial charge in [-0.25, -0.2) is 4.39 Å². The second kappa shape index (κ2) is 7.08. The molecule has 1 aliphatic rings. The van der Waals surface area contributed by atoms with Gasteiger partial charge in [0.2, 0.25) is 0 Å². The zero-order chi connectivity index (χ0) is 14.0. The molecule has 2 rings (SSSR count). The molecule has 0 saturated carbocycles. The lowest BCUT2D eigenvalue weighted by molar-refractivity contribution is 0.0862. The molecule has 114 valence electrons. The van der Waals surface area contributed by atoms with E-state index in [1.807, 2.05) is 6.07 Å². The van der Waals surface area contributed by atoms with E-state index >= 15 is 0 Å². The van der Waals surface area contributed by atoms with Crippen molar-refractivity contribution in [2.75, 3.05) is 26.2 Å². The quantitative estimate of drug-likeness (QED) is 0.889. The second-order valence-electron chi connectivity index (χ2n) is 6.23. The summed E-state index contributed by atoms with van der Waals surface area (Å²) in [6, 6.07) is 5.36. The van der Waals surface area contributed by atoms with Crippen LogP contribution in [0, 0.1) is 11.2 Å². The lowest BCUT2D eigenvalue weighted by atomic mass is 9.81. The smallest absolute Gasteiger partial charge is 0.141 e. The Bertz CT molecular complexity index is 440. The molecule has 1 fully saturated rings. The zero-order valence-electron chi connectivity index (χ0n) is 12.2. The van der Waals surface area contributed by atoms with Gasteiger partial charge < -0.3 is 5.32 Å². The van der Waals surface area contributed by atoms with E-state index in [2.05, 4.69) is 31.0 Å². The molecule has 20 heavy (non-hydrogen) atoms. The average molecular weight is 321 g/mol. The minimum absolute atomic E-state index is 0. The van der Waals surface area contributed by atoms with Crippen LogP contribution in [0.2, 0.25) is 5.02 Å². The van der Waals surface area contributed by atoms with Crippen LogP contribution in [0.15, 0.2) is 18.2 Å². The monoisotopic (exact) mass is 320 g/mol. The maximum atomic E-state index is 13.3. The molecule has 0 spiro atoms. The summed E-state index contributed by atoms with van der Waals surface area (Å²) < 4.78 is 13.3. The second-order valence-corrected chi connectivity index (χ2v) is 6.64. The van der Waals surface area contributed by atoms with Gasteiger partial charge in [0.15, 0.2) is 0 Å². The van der Waals surface area contributed by atoms with Crippen LogP contribution in [0.1, 0.15) is 32.4 Å². The normalized spacial score (nSPS) is 18.4. The highest BCUT2D eigenvalue weighted by molar-refractivity contribution is 6.30. The number of rotatable bonds is 2. The Balaban J connectivity index is 0.00000200. The molecular formula is C15H23Cl2FN2. The Morgan fingerprint density at radius 2 is 1.85 bits per heavy atom. The average Bonchev–Trinajstić information content (AvgIpc) is 2.34. The first-order valence-corrected chi connectivity index (χ1v) is 7.17. The number of piperazine rings is 1. The SMILES string of the molecule is CC(C)(C)[C@H](c1ccc(F)c(Cl)c1)N1CCNCC1.Cl. The first-order chi connectivity index (χ1) is 8.89. The van der Waals surface area contributed by atoms with E-state index in [1.54, 1.807) is 6.07 Å². The minimum atomic E-state index is -0.349. The van der Waals surface area contributed by atoms with Gasteiger partial charge in [-0.1, -0.05) is 38.4 Å². The number of nitrogens with zero attached hydrogens (tertiary/aromatic N) is 1. The van der Waals surface area contributed by atoms with E-state index in [4.69, 9.17) is 11.6 Å². The van der Waals surface area contributed by atoms with Gasteiger partial charge in [-0.05, 0) is 23.1 Å². The van der Waals surface area contributed by atoms with E-state index < -0.39 is 0 Å². The van der Waals surface area contributed by atoms with Crippen LogP contribution in [0.5, 0.6) is 0 Å². The summed E-state index contributed by atoms with van der Waals surface area (Å²) in [5, 5.41) is 3.58. The Morgan fingerprint density at radius 3 is 2.35 bits per heavy atom. The Kier molecular flexibility index (Phi) is 6.26. The zero-order valence-corrected chi connectivity index (χ0v) is 13.8. The van der Waals surface area contributed by atoms with Gasteiger partial charge in [0.25, 0.3) is 0 Å². The molecule has 0 amide bonds. The first-order valence-electron chi connectivity index (χ1n) is 6.79. The van der Waals surface area contributed by atoms with Gasteiger partial charge in [0.05, 0.1) is 5.02 Å². The van der Waals surface area contributed by atoms with E-state index in [9.17, 15) is 4.39 Å². The standard InChI is InChI=1S/C15H22ClFN2.ClH/c1-15(2,3)14(19-8-6-18-7-9-19)11-4-5-13(17)12(16)10-11;/h4-5,10,14,18H,6-9H2,1-3H3;1H/t14-;/m0./s1. The van der Waals surface area contributed by atoms with Crippen LogP contribution in [0.25, 0.3) is 0 Å². The number of benzene rings is 1. The molecule has 0 unspecified atom stereocenters. The molecule has 1 aromatic rings. The van der Waals surface area contributed by atoms with Crippen molar-refractivity contribution >= 4 is 24.0 Å². The van der Waals surface area contributed by atoms with Crippen molar-refractivity contribution in [2.24, 2.45) is 5.41 Å². The van der Waals surface area contributed by atoms with Crippen LogP contribution in [-0.4, -0.2) is 31.1 Å². The molecule has 0 radical (unpaired) electrons. The van der Waals surface area contributed by atoms with Gasteiger partial charge in [0.1, 0.15) is 5.82 Å². The largest absolute Gasteiger partial charge is 0.314 e. The highest BCUT2D eigenvalue weighted by Gasteiger charge is 2.32. The van der Waals surface area contributed by atoms with E-state index in [0.717, 1.165) is 31.7 Å². The topological polar surface area (TPSA) is 15.3 Å². The lowest BCUT2D eigenvalue weighted by Gasteiger charge is -2.42. The van der Waals surface area contributed by atoms with Crippen molar-refractivity contribution in [3.05, 3.63) is 34.6 Å². The van der Waals surface area contributed by atoms with Gasteiger partial charge in [-0.15, -0.1) is 12.4 Å². The molecule has 0 bridgehead atoms. The number of hydrogen-bond donors (Lipinski definition) is 1. The molecule has 1 N–H and O–H groups in total. The van der Waals surface area contributed by atoms with E-state index in [1.165, 1.54) is 6.07 Å². The van der Waals surface area contributed by atoms with Crippen LogP contribution in [0.4, 0.5) is 4.39 Å². The molecule has 1 aromatic carbocycles. The van der Waals surface area contributed by atoms with Crippen LogP contribution >= 0.6 is 24.0 Å². The van der Waals surface area contributed by atoms with E-state index in [0.29, 0.717) is 0 Å². The van der Waals surface area contributed by atoms with Gasteiger partial charge >= 0.3 is 0 Å². The highest BCUT2D eigenvalue weighted by atomic mass is 35.5. The summed E-state index contributed by atoms with van der Waals surface area (Å²) >= 11 is 5.94. The van der Waals surface area contributed by atoms with Crippen molar-refractivity contribution in [3.8, 4) is 0 Å². The van der Waals surface area contributed by atoms with Crippen molar-refractivity contribution < 1.29 is 4.39 Å². The molecule has 0 aliphatic carbocycles. The number of halogens is 3. The van der Waals surface area contributed by atoms with Crippen LogP contribution in [0.3, 0.4) is 0 Å². The Labute approximate surface area is 132 Å². The first kappa shape index (κ1) is 17.7. The van der Waals surface area contributed by atoms with Crippen molar-refractivity contribution in [2.45, 2.75) is 26.8 Å². The lowest BCUT2D eigenvalue weighted by Crippen LogP contribution is -2.48. The predicted molar refractivity (Wildman–Crippen MR) is 85.3 cm³/mol. The van der Waals surface area contributed by atoms with Crippen molar-refractivity contribution in [1.29, 1.82) is 0 Å². The number of nitrogens with one attached hydrogen (secondary N) is 1. The third kappa shape index (κ3) is 4.08. The third-order valence-corrected chi connectivity index (χ3v) is 3.89. The molecule has 1 heterocycles. The molecule has 0 aromatic heterocycles. The summed E-state index contributed by atoms with van der Waals surface area (Å²) in [5.41, 5.74) is 1.18. The number of hydrogen-bond acceptors (Lipinski definition) is 2. The molecule has 2 nitrogen and oxygen atoms in total. The maximum absolute atomic E-state index is 13.3. The third-order valence-electron chi connectivity index (χ3n) is 3.60. The van der Waals surface area contributed by atoms with Gasteiger partial charge in [-0.2, -0.15) is 0 Å². The summed E-state index contributed by atoms with van der Waals surface area (Å²) in [7, 11) is 0. The molecule has 1 saturated heterocycles. The fourth-order valence-corrected chi connectivity index (χ4v) is 3.07.